The van der Waals surface area contributed by atoms with E-state index in [1.807, 2.05) is 35.2 Å². The van der Waals surface area contributed by atoms with Crippen molar-refractivity contribution >= 4 is 27.7 Å². The van der Waals surface area contributed by atoms with Crippen molar-refractivity contribution in [3.8, 4) is 0 Å². The number of benzene rings is 2. The number of halogens is 1. The number of rotatable bonds is 4. The summed E-state index contributed by atoms with van der Waals surface area (Å²) in [5, 5.41) is 0. The summed E-state index contributed by atoms with van der Waals surface area (Å²) in [6.07, 6.45) is 2.65. The lowest BCUT2D eigenvalue weighted by molar-refractivity contribution is 0.143. The highest BCUT2D eigenvalue weighted by Gasteiger charge is 2.33. The monoisotopic (exact) mass is 415 g/mol. The van der Waals surface area contributed by atoms with Gasteiger partial charge in [-0.3, -0.25) is 4.90 Å². The molecule has 0 N–H and O–H groups in total. The Morgan fingerprint density at radius 1 is 1.27 bits per heavy atom. The molecule has 0 bridgehead atoms. The summed E-state index contributed by atoms with van der Waals surface area (Å²) in [6.45, 7) is 6.78. The topological polar surface area (TPSA) is 29.5 Å². The fraction of sp³-hybridized carbons (Fsp3) is 0.409. The molecule has 0 aromatic heterocycles. The number of hydrogen-bond donors (Lipinski definition) is 0. The third kappa shape index (κ3) is 3.96. The summed E-state index contributed by atoms with van der Waals surface area (Å²) in [5.41, 5.74) is 4.49. The Labute approximate surface area is 164 Å². The molecule has 4 heteroatoms. The van der Waals surface area contributed by atoms with E-state index in [9.17, 15) is 4.79 Å². The van der Waals surface area contributed by atoms with Crippen molar-refractivity contribution in [3.05, 3.63) is 63.6 Å². The lowest BCUT2D eigenvalue weighted by Crippen LogP contribution is -2.44. The van der Waals surface area contributed by atoms with Crippen molar-refractivity contribution in [1.29, 1.82) is 0 Å². The molecule has 1 heterocycles. The maximum Gasteiger partial charge on any atom is 0.414 e. The van der Waals surface area contributed by atoms with Crippen LogP contribution in [0.1, 0.15) is 56.2 Å². The summed E-state index contributed by atoms with van der Waals surface area (Å²) in [6, 6.07) is 14.3. The number of nitrogens with zero attached hydrogens (tertiary/aromatic N) is 1. The van der Waals surface area contributed by atoms with Gasteiger partial charge in [-0.15, -0.1) is 0 Å². The van der Waals surface area contributed by atoms with Crippen molar-refractivity contribution in [1.82, 2.24) is 0 Å². The molecule has 0 spiro atoms. The molecule has 2 aromatic rings. The second-order valence-electron chi connectivity index (χ2n) is 7.17. The minimum Gasteiger partial charge on any atom is -0.444 e. The van der Waals surface area contributed by atoms with Crippen LogP contribution in [-0.4, -0.2) is 12.1 Å². The van der Waals surface area contributed by atoms with Crippen LogP contribution in [0.3, 0.4) is 0 Å². The zero-order chi connectivity index (χ0) is 18.7. The minimum absolute atomic E-state index is 0.185. The molecule has 0 saturated carbocycles. The number of anilines is 1. The van der Waals surface area contributed by atoms with Gasteiger partial charge in [0, 0.05) is 10.5 Å². The van der Waals surface area contributed by atoms with Gasteiger partial charge in [0.15, 0.2) is 0 Å². The van der Waals surface area contributed by atoms with Crippen LogP contribution < -0.4 is 4.90 Å². The Balaban J connectivity index is 1.93. The highest BCUT2D eigenvalue weighted by atomic mass is 79.9. The largest absolute Gasteiger partial charge is 0.444 e. The Hall–Kier alpha value is -1.81. The van der Waals surface area contributed by atoms with Crippen LogP contribution in [0.4, 0.5) is 10.5 Å². The van der Waals surface area contributed by atoms with Crippen molar-refractivity contribution in [3.63, 3.8) is 0 Å². The fourth-order valence-electron chi connectivity index (χ4n) is 3.65. The van der Waals surface area contributed by atoms with Crippen molar-refractivity contribution in [2.24, 2.45) is 0 Å². The lowest BCUT2D eigenvalue weighted by Gasteiger charge is -2.38. The number of ether oxygens (including phenoxy) is 1. The van der Waals surface area contributed by atoms with Crippen molar-refractivity contribution in [2.45, 2.75) is 58.6 Å². The smallest absolute Gasteiger partial charge is 0.414 e. The molecule has 1 amide bonds. The number of amides is 1. The average Bonchev–Trinajstić information content (AvgIpc) is 2.65. The molecular formula is C22H26BrNO2. The van der Waals surface area contributed by atoms with Crippen LogP contribution in [0, 0.1) is 0 Å². The lowest BCUT2D eigenvalue weighted by atomic mass is 9.89. The van der Waals surface area contributed by atoms with Gasteiger partial charge in [0.1, 0.15) is 6.61 Å². The first-order valence-electron chi connectivity index (χ1n) is 9.33. The summed E-state index contributed by atoms with van der Waals surface area (Å²) < 4.78 is 6.77. The van der Waals surface area contributed by atoms with Crippen molar-refractivity contribution in [2.75, 3.05) is 4.90 Å². The summed E-state index contributed by atoms with van der Waals surface area (Å²) >= 11 is 3.63. The average molecular weight is 416 g/mol. The van der Waals surface area contributed by atoms with E-state index in [0.29, 0.717) is 12.5 Å². The summed E-state index contributed by atoms with van der Waals surface area (Å²) in [4.78, 5) is 15.0. The first kappa shape index (κ1) is 19.0. The van der Waals surface area contributed by atoms with Gasteiger partial charge in [-0.1, -0.05) is 67.0 Å². The minimum atomic E-state index is -0.245. The molecular weight excluding hydrogens is 390 g/mol. The zero-order valence-corrected chi connectivity index (χ0v) is 17.3. The van der Waals surface area contributed by atoms with E-state index in [1.54, 1.807) is 0 Å². The van der Waals surface area contributed by atoms with Gasteiger partial charge < -0.3 is 4.74 Å². The Bertz CT molecular complexity index is 773. The maximum atomic E-state index is 13.1. The van der Waals surface area contributed by atoms with Gasteiger partial charge in [0.25, 0.3) is 0 Å². The van der Waals surface area contributed by atoms with E-state index in [4.69, 9.17) is 4.74 Å². The predicted octanol–water partition coefficient (Wildman–Crippen LogP) is 6.44. The quantitative estimate of drug-likeness (QED) is 0.574. The van der Waals surface area contributed by atoms with E-state index in [-0.39, 0.29) is 12.1 Å². The van der Waals surface area contributed by atoms with Gasteiger partial charge in [0.2, 0.25) is 0 Å². The highest BCUT2D eigenvalue weighted by molar-refractivity contribution is 9.10. The Morgan fingerprint density at radius 3 is 2.65 bits per heavy atom. The van der Waals surface area contributed by atoms with Crippen molar-refractivity contribution < 1.29 is 9.53 Å². The zero-order valence-electron chi connectivity index (χ0n) is 15.7. The molecule has 2 aromatic carbocycles. The first-order chi connectivity index (χ1) is 12.5. The molecule has 1 aliphatic heterocycles. The summed E-state index contributed by atoms with van der Waals surface area (Å²) in [7, 11) is 0. The third-order valence-electron chi connectivity index (χ3n) is 5.03. The van der Waals surface area contributed by atoms with Crippen LogP contribution in [0.2, 0.25) is 0 Å². The Kier molecular flexibility index (Phi) is 6.02. The molecule has 0 fully saturated rings. The third-order valence-corrected chi connectivity index (χ3v) is 5.49. The normalized spacial score (nSPS) is 16.5. The number of carbonyl (C=O) groups is 1. The Morgan fingerprint density at radius 2 is 2.00 bits per heavy atom. The number of carbonyl (C=O) groups excluding carboxylic acids is 1. The fourth-order valence-corrected chi connectivity index (χ4v) is 4.18. The second-order valence-corrected chi connectivity index (χ2v) is 8.08. The molecule has 26 heavy (non-hydrogen) atoms. The van der Waals surface area contributed by atoms with E-state index < -0.39 is 0 Å². The highest BCUT2D eigenvalue weighted by Crippen LogP contribution is 2.40. The molecule has 0 radical (unpaired) electrons. The summed E-state index contributed by atoms with van der Waals surface area (Å²) in [5.74, 6) is 0.335. The van der Waals surface area contributed by atoms with Gasteiger partial charge in [-0.05, 0) is 54.0 Å². The number of aryl methyl sites for hydroxylation is 1. The van der Waals surface area contributed by atoms with Crippen LogP contribution >= 0.6 is 15.9 Å². The van der Waals surface area contributed by atoms with Gasteiger partial charge in [-0.25, -0.2) is 4.79 Å². The molecule has 138 valence electrons. The van der Waals surface area contributed by atoms with Crippen LogP contribution in [0.25, 0.3) is 0 Å². The molecule has 0 aliphatic carbocycles. The van der Waals surface area contributed by atoms with E-state index in [1.165, 1.54) is 11.1 Å². The molecule has 1 aliphatic rings. The van der Waals surface area contributed by atoms with Crippen LogP contribution in [0.15, 0.2) is 46.9 Å². The van der Waals surface area contributed by atoms with Gasteiger partial charge >= 0.3 is 6.09 Å². The number of fused-ring (bicyclic) bond motifs is 1. The molecule has 3 rings (SSSR count). The van der Waals surface area contributed by atoms with E-state index in [2.05, 4.69) is 48.8 Å². The molecule has 1 unspecified atom stereocenters. The van der Waals surface area contributed by atoms with Gasteiger partial charge in [-0.2, -0.15) is 0 Å². The SMILES string of the molecule is CCC1CCc2cc(Br)cc(C(C)C)c2N1C(=O)OCc1ccccc1. The molecule has 3 nitrogen and oxygen atoms in total. The van der Waals surface area contributed by atoms with E-state index >= 15 is 0 Å². The van der Waals surface area contributed by atoms with Crippen LogP contribution in [0.5, 0.6) is 0 Å². The van der Waals surface area contributed by atoms with Crippen LogP contribution in [-0.2, 0) is 17.8 Å². The molecule has 0 saturated heterocycles. The standard InChI is InChI=1S/C22H26BrNO2/c1-4-19-11-10-17-12-18(23)13-20(15(2)3)21(17)24(19)22(25)26-14-16-8-6-5-7-9-16/h5-9,12-13,15,19H,4,10-11,14H2,1-3H3. The second kappa shape index (κ2) is 8.26. The van der Waals surface area contributed by atoms with E-state index in [0.717, 1.165) is 35.0 Å². The van der Waals surface area contributed by atoms with Gasteiger partial charge in [0.05, 0.1) is 5.69 Å². The molecule has 1 atom stereocenters. The number of hydrogen-bond acceptors (Lipinski definition) is 2. The maximum absolute atomic E-state index is 13.1. The predicted molar refractivity (Wildman–Crippen MR) is 110 cm³/mol. The first-order valence-corrected chi connectivity index (χ1v) is 10.1.